The number of likely N-dealkylation sites (tertiary alicyclic amines) is 1. The van der Waals surface area contributed by atoms with Gasteiger partial charge in [-0.3, -0.25) is 14.5 Å². The van der Waals surface area contributed by atoms with E-state index in [0.29, 0.717) is 25.3 Å². The van der Waals surface area contributed by atoms with Crippen LogP contribution in [0.2, 0.25) is 0 Å². The Bertz CT molecular complexity index is 237. The third kappa shape index (κ3) is 4.24. The highest BCUT2D eigenvalue weighted by molar-refractivity contribution is 9.09. The molecule has 0 N–H and O–H groups in total. The maximum atomic E-state index is 11.7. The van der Waals surface area contributed by atoms with E-state index < -0.39 is 0 Å². The zero-order valence-corrected chi connectivity index (χ0v) is 11.5. The molecule has 0 spiro atoms. The summed E-state index contributed by atoms with van der Waals surface area (Å²) in [4.78, 5) is 24.9. The molecule has 92 valence electrons. The van der Waals surface area contributed by atoms with Gasteiger partial charge in [-0.1, -0.05) is 22.9 Å². The fraction of sp³-hybridized carbons (Fsp3) is 0.833. The summed E-state index contributed by atoms with van der Waals surface area (Å²) in [6, 6.07) is 0. The second kappa shape index (κ2) is 7.05. The first kappa shape index (κ1) is 13.7. The highest BCUT2D eigenvalue weighted by atomic mass is 79.9. The number of carbonyl (C=O) groups is 2. The Balaban J connectivity index is 2.43. The van der Waals surface area contributed by atoms with Gasteiger partial charge in [-0.05, 0) is 31.6 Å². The summed E-state index contributed by atoms with van der Waals surface area (Å²) in [7, 11) is 0. The van der Waals surface area contributed by atoms with Gasteiger partial charge in [0.25, 0.3) is 0 Å². The zero-order chi connectivity index (χ0) is 12.0. The second-order valence-corrected chi connectivity index (χ2v) is 5.31. The third-order valence-corrected chi connectivity index (χ3v) is 3.54. The summed E-state index contributed by atoms with van der Waals surface area (Å²) >= 11 is 3.40. The van der Waals surface area contributed by atoms with Gasteiger partial charge < -0.3 is 0 Å². The second-order valence-electron chi connectivity index (χ2n) is 4.52. The molecule has 0 aromatic rings. The van der Waals surface area contributed by atoms with Crippen molar-refractivity contribution >= 4 is 27.7 Å². The molecule has 1 unspecified atom stereocenters. The van der Waals surface area contributed by atoms with Crippen LogP contribution in [-0.2, 0) is 9.59 Å². The van der Waals surface area contributed by atoms with E-state index in [1.807, 2.05) is 0 Å². The third-order valence-electron chi connectivity index (χ3n) is 3.08. The van der Waals surface area contributed by atoms with Crippen LogP contribution in [0.5, 0.6) is 0 Å². The topological polar surface area (TPSA) is 37.4 Å². The molecule has 3 nitrogen and oxygen atoms in total. The van der Waals surface area contributed by atoms with E-state index >= 15 is 0 Å². The first-order valence-corrected chi connectivity index (χ1v) is 7.16. The lowest BCUT2D eigenvalue weighted by Gasteiger charge is -2.20. The van der Waals surface area contributed by atoms with E-state index in [4.69, 9.17) is 0 Å². The molecule has 2 amide bonds. The molecule has 0 bridgehead atoms. The van der Waals surface area contributed by atoms with Crippen LogP contribution in [0.1, 0.15) is 45.4 Å². The van der Waals surface area contributed by atoms with Crippen molar-refractivity contribution in [1.29, 1.82) is 0 Å². The van der Waals surface area contributed by atoms with Crippen LogP contribution in [0.15, 0.2) is 0 Å². The summed E-state index contributed by atoms with van der Waals surface area (Å²) in [5.41, 5.74) is 0. The molecule has 0 aromatic carbocycles. The van der Waals surface area contributed by atoms with Gasteiger partial charge in [0.05, 0.1) is 0 Å². The molecule has 0 aliphatic carbocycles. The van der Waals surface area contributed by atoms with E-state index in [9.17, 15) is 9.59 Å². The van der Waals surface area contributed by atoms with Crippen molar-refractivity contribution < 1.29 is 9.59 Å². The van der Waals surface area contributed by atoms with Crippen LogP contribution in [0.25, 0.3) is 0 Å². The lowest BCUT2D eigenvalue weighted by atomic mass is 10.1. The largest absolute Gasteiger partial charge is 0.283 e. The predicted octanol–water partition coefficient (Wildman–Crippen LogP) is 2.73. The minimum absolute atomic E-state index is 0.0218. The van der Waals surface area contributed by atoms with Crippen LogP contribution in [-0.4, -0.2) is 28.6 Å². The number of halogens is 1. The van der Waals surface area contributed by atoms with Crippen molar-refractivity contribution in [3.63, 3.8) is 0 Å². The molecule has 1 atom stereocenters. The van der Waals surface area contributed by atoms with Gasteiger partial charge in [0, 0.05) is 24.7 Å². The number of amides is 2. The van der Waals surface area contributed by atoms with E-state index in [0.717, 1.165) is 31.0 Å². The molecular formula is C12H20BrNO2. The fourth-order valence-corrected chi connectivity index (χ4v) is 2.67. The van der Waals surface area contributed by atoms with E-state index in [-0.39, 0.29) is 11.8 Å². The fourth-order valence-electron chi connectivity index (χ4n) is 1.89. The molecule has 1 saturated heterocycles. The standard InChI is InChI=1S/C12H20BrNO2/c1-10(6-8-13)7-9-14-11(15)4-2-3-5-12(14)16/h10H,2-9H2,1H3. The minimum Gasteiger partial charge on any atom is -0.283 e. The number of hydrogen-bond acceptors (Lipinski definition) is 2. The Kier molecular flexibility index (Phi) is 6.03. The molecule has 1 aliphatic heterocycles. The highest BCUT2D eigenvalue weighted by Gasteiger charge is 2.23. The maximum absolute atomic E-state index is 11.7. The van der Waals surface area contributed by atoms with Gasteiger partial charge in [0.15, 0.2) is 0 Å². The molecule has 0 radical (unpaired) electrons. The van der Waals surface area contributed by atoms with Crippen LogP contribution >= 0.6 is 15.9 Å². The molecular weight excluding hydrogens is 270 g/mol. The Hall–Kier alpha value is -0.380. The van der Waals surface area contributed by atoms with Gasteiger partial charge in [0.1, 0.15) is 0 Å². The summed E-state index contributed by atoms with van der Waals surface area (Å²) in [5.74, 6) is 0.602. The van der Waals surface area contributed by atoms with Gasteiger partial charge in [-0.25, -0.2) is 0 Å². The normalized spacial score (nSPS) is 19.8. The molecule has 4 heteroatoms. The van der Waals surface area contributed by atoms with Crippen LogP contribution < -0.4 is 0 Å². The SMILES string of the molecule is CC(CCBr)CCN1C(=O)CCCCC1=O. The molecule has 0 saturated carbocycles. The number of alkyl halides is 1. The van der Waals surface area contributed by atoms with Crippen molar-refractivity contribution in [2.45, 2.75) is 45.4 Å². The van der Waals surface area contributed by atoms with E-state index in [1.54, 1.807) is 0 Å². The van der Waals surface area contributed by atoms with Crippen molar-refractivity contribution in [2.75, 3.05) is 11.9 Å². The molecule has 1 fully saturated rings. The zero-order valence-electron chi connectivity index (χ0n) is 9.88. The lowest BCUT2D eigenvalue weighted by Crippen LogP contribution is -2.36. The summed E-state index contributed by atoms with van der Waals surface area (Å²) in [5, 5.41) is 0.982. The first-order chi connectivity index (χ1) is 7.65. The summed E-state index contributed by atoms with van der Waals surface area (Å²) in [6.07, 6.45) is 4.81. The van der Waals surface area contributed by atoms with E-state index in [1.165, 1.54) is 4.90 Å². The predicted molar refractivity (Wildman–Crippen MR) is 67.4 cm³/mol. The van der Waals surface area contributed by atoms with Gasteiger partial charge >= 0.3 is 0 Å². The van der Waals surface area contributed by atoms with Crippen LogP contribution in [0.4, 0.5) is 0 Å². The molecule has 1 heterocycles. The number of hydrogen-bond donors (Lipinski definition) is 0. The number of carbonyl (C=O) groups excluding carboxylic acids is 2. The minimum atomic E-state index is 0.0218. The van der Waals surface area contributed by atoms with Crippen molar-refractivity contribution in [2.24, 2.45) is 5.92 Å². The highest BCUT2D eigenvalue weighted by Crippen LogP contribution is 2.16. The average molecular weight is 290 g/mol. The Morgan fingerprint density at radius 3 is 2.25 bits per heavy atom. The Labute approximate surface area is 106 Å². The van der Waals surface area contributed by atoms with E-state index in [2.05, 4.69) is 22.9 Å². The van der Waals surface area contributed by atoms with Gasteiger partial charge in [-0.15, -0.1) is 0 Å². The van der Waals surface area contributed by atoms with Crippen molar-refractivity contribution in [3.05, 3.63) is 0 Å². The van der Waals surface area contributed by atoms with Crippen LogP contribution in [0.3, 0.4) is 0 Å². The average Bonchev–Trinajstić information content (AvgIpc) is 2.39. The number of imide groups is 1. The number of nitrogens with zero attached hydrogens (tertiary/aromatic N) is 1. The Morgan fingerprint density at radius 1 is 1.19 bits per heavy atom. The number of rotatable bonds is 5. The van der Waals surface area contributed by atoms with Crippen LogP contribution in [0, 0.1) is 5.92 Å². The first-order valence-electron chi connectivity index (χ1n) is 6.04. The summed E-state index contributed by atoms with van der Waals surface area (Å²) in [6.45, 7) is 2.76. The maximum Gasteiger partial charge on any atom is 0.229 e. The molecule has 0 aromatic heterocycles. The van der Waals surface area contributed by atoms with Crippen molar-refractivity contribution in [3.8, 4) is 0 Å². The lowest BCUT2D eigenvalue weighted by molar-refractivity contribution is -0.143. The summed E-state index contributed by atoms with van der Waals surface area (Å²) < 4.78 is 0. The van der Waals surface area contributed by atoms with Gasteiger partial charge in [0.2, 0.25) is 11.8 Å². The molecule has 16 heavy (non-hydrogen) atoms. The van der Waals surface area contributed by atoms with Gasteiger partial charge in [-0.2, -0.15) is 0 Å². The monoisotopic (exact) mass is 289 g/mol. The quantitative estimate of drug-likeness (QED) is 0.576. The molecule has 1 rings (SSSR count). The smallest absolute Gasteiger partial charge is 0.229 e. The Morgan fingerprint density at radius 2 is 1.75 bits per heavy atom. The van der Waals surface area contributed by atoms with Crippen molar-refractivity contribution in [1.82, 2.24) is 4.90 Å². The molecule has 1 aliphatic rings.